The van der Waals surface area contributed by atoms with E-state index in [0.29, 0.717) is 18.7 Å². The highest BCUT2D eigenvalue weighted by Crippen LogP contribution is 2.06. The first-order valence-electron chi connectivity index (χ1n) is 10.4. The molecule has 182 valence electrons. The summed E-state index contributed by atoms with van der Waals surface area (Å²) in [6.45, 7) is -0.0416. The predicted octanol–water partition coefficient (Wildman–Crippen LogP) is -3.50. The quantitative estimate of drug-likeness (QED) is 0.144. The average molecular weight is 467 g/mol. The number of carbonyl (C=O) groups excluding carboxylic acids is 4. The van der Waals surface area contributed by atoms with Crippen molar-refractivity contribution in [3.05, 3.63) is 18.2 Å². The van der Waals surface area contributed by atoms with Gasteiger partial charge < -0.3 is 42.2 Å². The van der Waals surface area contributed by atoms with Crippen LogP contribution in [0.15, 0.2) is 12.5 Å². The van der Waals surface area contributed by atoms with Crippen LogP contribution in [0.25, 0.3) is 0 Å². The molecule has 2 heterocycles. The Morgan fingerprint density at radius 2 is 1.82 bits per heavy atom. The minimum absolute atomic E-state index is 0.0734. The van der Waals surface area contributed by atoms with Crippen molar-refractivity contribution >= 4 is 29.6 Å². The van der Waals surface area contributed by atoms with E-state index in [1.54, 1.807) is 0 Å². The van der Waals surface area contributed by atoms with Gasteiger partial charge in [0.25, 0.3) is 0 Å². The first kappa shape index (κ1) is 25.7. The van der Waals surface area contributed by atoms with Gasteiger partial charge >= 0.3 is 5.97 Å². The number of nitrogens with zero attached hydrogens (tertiary/aromatic N) is 1. The normalized spacial score (nSPS) is 18.0. The summed E-state index contributed by atoms with van der Waals surface area (Å²) in [5.41, 5.74) is 5.52. The molecule has 4 amide bonds. The van der Waals surface area contributed by atoms with Gasteiger partial charge in [-0.15, -0.1) is 0 Å². The second-order valence-electron chi connectivity index (χ2n) is 7.64. The maximum atomic E-state index is 12.8. The molecule has 0 saturated carbocycles. The van der Waals surface area contributed by atoms with Crippen LogP contribution in [0.1, 0.15) is 31.4 Å². The predicted molar refractivity (Wildman–Crippen MR) is 112 cm³/mol. The zero-order valence-electron chi connectivity index (χ0n) is 17.9. The van der Waals surface area contributed by atoms with E-state index in [-0.39, 0.29) is 19.3 Å². The second-order valence-corrected chi connectivity index (χ2v) is 7.64. The molecule has 14 nitrogen and oxygen atoms in total. The molecule has 0 spiro atoms. The molecule has 0 aliphatic carbocycles. The van der Waals surface area contributed by atoms with Gasteiger partial charge in [0.05, 0.1) is 19.0 Å². The molecular weight excluding hydrogens is 438 g/mol. The fraction of sp³-hybridized carbons (Fsp3) is 0.579. The van der Waals surface area contributed by atoms with Gasteiger partial charge in [0, 0.05) is 24.7 Å². The van der Waals surface area contributed by atoms with E-state index >= 15 is 0 Å². The lowest BCUT2D eigenvalue weighted by molar-refractivity contribution is -0.142. The van der Waals surface area contributed by atoms with Crippen LogP contribution >= 0.6 is 0 Å². The van der Waals surface area contributed by atoms with Gasteiger partial charge in [-0.25, -0.2) is 9.78 Å². The molecule has 1 saturated heterocycles. The topological polar surface area (TPSA) is 229 Å². The Kier molecular flexibility index (Phi) is 9.75. The van der Waals surface area contributed by atoms with Gasteiger partial charge in [-0.3, -0.25) is 19.2 Å². The third-order valence-electron chi connectivity index (χ3n) is 5.10. The molecule has 0 aromatic carbocycles. The van der Waals surface area contributed by atoms with Crippen molar-refractivity contribution in [2.24, 2.45) is 5.73 Å². The summed E-state index contributed by atoms with van der Waals surface area (Å²) in [6.07, 6.45) is 3.62. The largest absolute Gasteiger partial charge is 0.480 e. The monoisotopic (exact) mass is 467 g/mol. The van der Waals surface area contributed by atoms with Crippen LogP contribution in [0.5, 0.6) is 0 Å². The summed E-state index contributed by atoms with van der Waals surface area (Å²) in [5, 5.41) is 29.1. The summed E-state index contributed by atoms with van der Waals surface area (Å²) in [7, 11) is 0. The van der Waals surface area contributed by atoms with E-state index in [1.165, 1.54) is 12.5 Å². The number of aliphatic carboxylic acids is 1. The Balaban J connectivity index is 2.08. The lowest BCUT2D eigenvalue weighted by Crippen LogP contribution is -2.58. The number of carboxylic acids is 1. The molecule has 4 atom stereocenters. The number of rotatable bonds is 13. The van der Waals surface area contributed by atoms with E-state index in [2.05, 4.69) is 31.2 Å². The molecule has 33 heavy (non-hydrogen) atoms. The van der Waals surface area contributed by atoms with E-state index in [0.717, 1.165) is 6.42 Å². The van der Waals surface area contributed by atoms with Crippen molar-refractivity contribution < 1.29 is 34.2 Å². The van der Waals surface area contributed by atoms with Crippen LogP contribution < -0.4 is 27.0 Å². The highest BCUT2D eigenvalue weighted by Gasteiger charge is 2.31. The van der Waals surface area contributed by atoms with E-state index in [4.69, 9.17) is 5.73 Å². The van der Waals surface area contributed by atoms with E-state index < -0.39 is 60.4 Å². The van der Waals surface area contributed by atoms with Crippen molar-refractivity contribution in [2.45, 2.75) is 56.3 Å². The first-order chi connectivity index (χ1) is 15.7. The zero-order chi connectivity index (χ0) is 24.4. The van der Waals surface area contributed by atoms with Crippen LogP contribution in [0.3, 0.4) is 0 Å². The van der Waals surface area contributed by atoms with Crippen molar-refractivity contribution in [2.75, 3.05) is 13.2 Å². The molecule has 1 aromatic heterocycles. The summed E-state index contributed by atoms with van der Waals surface area (Å²) in [6, 6.07) is -4.46. The summed E-state index contributed by atoms with van der Waals surface area (Å²) < 4.78 is 0. The van der Waals surface area contributed by atoms with E-state index in [1.807, 2.05) is 0 Å². The fourth-order valence-electron chi connectivity index (χ4n) is 3.29. The summed E-state index contributed by atoms with van der Waals surface area (Å²) in [5.74, 6) is -4.21. The van der Waals surface area contributed by atoms with Gasteiger partial charge in [-0.05, 0) is 25.8 Å². The van der Waals surface area contributed by atoms with E-state index in [9.17, 15) is 34.2 Å². The number of carboxylic acid groups (broad SMARTS) is 1. The summed E-state index contributed by atoms with van der Waals surface area (Å²) in [4.78, 5) is 66.9. The average Bonchev–Trinajstić information content (AvgIpc) is 3.48. The second kappa shape index (κ2) is 12.5. The number of carbonyl (C=O) groups is 5. The van der Waals surface area contributed by atoms with Gasteiger partial charge in [0.2, 0.25) is 23.6 Å². The van der Waals surface area contributed by atoms with Crippen molar-refractivity contribution in [3.8, 4) is 0 Å². The number of H-pyrrole nitrogens is 1. The minimum atomic E-state index is -1.41. The Bertz CT molecular complexity index is 840. The number of hydrogen-bond donors (Lipinski definition) is 8. The Morgan fingerprint density at radius 3 is 2.36 bits per heavy atom. The fourth-order valence-corrected chi connectivity index (χ4v) is 3.29. The molecule has 1 aliphatic rings. The number of aromatic nitrogens is 2. The van der Waals surface area contributed by atoms with Gasteiger partial charge in [0.1, 0.15) is 18.1 Å². The van der Waals surface area contributed by atoms with Crippen LogP contribution in [-0.4, -0.2) is 87.1 Å². The third kappa shape index (κ3) is 8.16. The molecule has 1 aliphatic heterocycles. The molecule has 0 bridgehead atoms. The van der Waals surface area contributed by atoms with Crippen molar-refractivity contribution in [3.63, 3.8) is 0 Å². The standard InChI is InChI=1S/C19H29N7O7/c20-15(28)4-3-12(19(32)33)24-17(30)13(6-10-7-21-9-23-10)25-18(31)14(8-27)26-16(29)11-2-1-5-22-11/h7,9,11-14,22,27H,1-6,8H2,(H2,20,28)(H,21,23)(H,24,30)(H,25,31)(H,26,29)(H,32,33). The molecule has 1 aromatic rings. The highest BCUT2D eigenvalue weighted by molar-refractivity contribution is 5.94. The number of imidazole rings is 1. The van der Waals surface area contributed by atoms with Crippen molar-refractivity contribution in [1.29, 1.82) is 0 Å². The Morgan fingerprint density at radius 1 is 1.12 bits per heavy atom. The van der Waals surface area contributed by atoms with Crippen molar-refractivity contribution in [1.82, 2.24) is 31.2 Å². The van der Waals surface area contributed by atoms with Gasteiger partial charge in [-0.1, -0.05) is 0 Å². The zero-order valence-corrected chi connectivity index (χ0v) is 17.9. The summed E-state index contributed by atoms with van der Waals surface area (Å²) >= 11 is 0. The SMILES string of the molecule is NC(=O)CCC(NC(=O)C(Cc1cnc[nH]1)NC(=O)C(CO)NC(=O)C1CCCN1)C(=O)O. The molecular formula is C19H29N7O7. The molecule has 1 fully saturated rings. The number of amides is 4. The number of hydrogen-bond acceptors (Lipinski definition) is 8. The molecule has 4 unspecified atom stereocenters. The van der Waals surface area contributed by atoms with Crippen LogP contribution in [0.4, 0.5) is 0 Å². The minimum Gasteiger partial charge on any atom is -0.480 e. The number of nitrogens with one attached hydrogen (secondary N) is 5. The third-order valence-corrected chi connectivity index (χ3v) is 5.10. The highest BCUT2D eigenvalue weighted by atomic mass is 16.4. The number of aliphatic hydroxyl groups excluding tert-OH is 1. The van der Waals surface area contributed by atoms with Gasteiger partial charge in [0.15, 0.2) is 0 Å². The Labute approximate surface area is 189 Å². The molecule has 2 rings (SSSR count). The molecule has 9 N–H and O–H groups in total. The number of primary amides is 1. The van der Waals surface area contributed by atoms with Crippen LogP contribution in [0, 0.1) is 0 Å². The maximum Gasteiger partial charge on any atom is 0.326 e. The number of nitrogens with two attached hydrogens (primary N) is 1. The number of aliphatic hydroxyl groups is 1. The lowest BCUT2D eigenvalue weighted by Gasteiger charge is -2.24. The lowest BCUT2D eigenvalue weighted by atomic mass is 10.1. The first-order valence-corrected chi connectivity index (χ1v) is 10.4. The van der Waals surface area contributed by atoms with Gasteiger partial charge in [-0.2, -0.15) is 0 Å². The number of aromatic amines is 1. The van der Waals surface area contributed by atoms with Crippen LogP contribution in [0.2, 0.25) is 0 Å². The Hall–Kier alpha value is -3.52. The maximum absolute atomic E-state index is 12.8. The van der Waals surface area contributed by atoms with Crippen LogP contribution in [-0.2, 0) is 30.4 Å². The smallest absolute Gasteiger partial charge is 0.326 e. The molecule has 0 radical (unpaired) electrons. The molecule has 14 heteroatoms.